The Morgan fingerprint density at radius 2 is 1.72 bits per heavy atom. The van der Waals surface area contributed by atoms with Crippen molar-refractivity contribution in [3.05, 3.63) is 54.4 Å². The van der Waals surface area contributed by atoms with Crippen LogP contribution >= 0.6 is 0 Å². The predicted octanol–water partition coefficient (Wildman–Crippen LogP) is 1.81. The number of aromatic nitrogens is 2. The van der Waals surface area contributed by atoms with Gasteiger partial charge in [-0.1, -0.05) is 0 Å². The molecule has 0 aliphatic carbocycles. The van der Waals surface area contributed by atoms with E-state index in [1.54, 1.807) is 36.1 Å². The standard InChI is InChI=1S/C19H18N4O5S/c1-22-16(10-11-20-22)17-7-4-14(28-17)12-21-29(26,27)15-5-2-13(3-6-15)23-18(24)8-9-19(23)25/h2-7,10-11,21H,8-9,12H2,1H3. The molecule has 0 radical (unpaired) electrons. The van der Waals surface area contributed by atoms with Crippen LogP contribution in [0.5, 0.6) is 0 Å². The smallest absolute Gasteiger partial charge is 0.240 e. The van der Waals surface area contributed by atoms with Crippen LogP contribution in [0.15, 0.2) is 58.0 Å². The van der Waals surface area contributed by atoms with Crippen LogP contribution in [0.25, 0.3) is 11.5 Å². The van der Waals surface area contributed by atoms with E-state index in [0.29, 0.717) is 17.2 Å². The average molecular weight is 414 g/mol. The third-order valence-corrected chi connectivity index (χ3v) is 6.05. The summed E-state index contributed by atoms with van der Waals surface area (Å²) < 4.78 is 34.9. The largest absolute Gasteiger partial charge is 0.458 e. The molecule has 29 heavy (non-hydrogen) atoms. The van der Waals surface area contributed by atoms with E-state index in [2.05, 4.69) is 9.82 Å². The first-order valence-electron chi connectivity index (χ1n) is 8.88. The monoisotopic (exact) mass is 414 g/mol. The fourth-order valence-corrected chi connectivity index (χ4v) is 4.11. The Morgan fingerprint density at radius 1 is 1.03 bits per heavy atom. The number of benzene rings is 1. The normalized spacial score (nSPS) is 14.7. The molecule has 1 fully saturated rings. The Balaban J connectivity index is 1.45. The first-order valence-corrected chi connectivity index (χ1v) is 10.4. The van der Waals surface area contributed by atoms with Gasteiger partial charge in [-0.3, -0.25) is 19.2 Å². The summed E-state index contributed by atoms with van der Waals surface area (Å²) in [5.74, 6) is 0.467. The van der Waals surface area contributed by atoms with Gasteiger partial charge in [-0.25, -0.2) is 13.1 Å². The number of carbonyl (C=O) groups is 2. The van der Waals surface area contributed by atoms with Crippen LogP contribution in [0.3, 0.4) is 0 Å². The fourth-order valence-electron chi connectivity index (χ4n) is 3.11. The molecule has 3 heterocycles. The molecule has 0 spiro atoms. The molecule has 1 aromatic carbocycles. The highest BCUT2D eigenvalue weighted by molar-refractivity contribution is 7.89. The molecule has 10 heteroatoms. The summed E-state index contributed by atoms with van der Waals surface area (Å²) in [7, 11) is -2.01. The number of aryl methyl sites for hydroxylation is 1. The highest BCUT2D eigenvalue weighted by Gasteiger charge is 2.30. The number of hydrogen-bond donors (Lipinski definition) is 1. The molecular formula is C19H18N4O5S. The second-order valence-corrected chi connectivity index (χ2v) is 8.31. The van der Waals surface area contributed by atoms with Crippen molar-refractivity contribution in [1.82, 2.24) is 14.5 Å². The summed E-state index contributed by atoms with van der Waals surface area (Å²) in [6, 6.07) is 10.9. The molecule has 0 saturated carbocycles. The van der Waals surface area contributed by atoms with Gasteiger partial charge in [0.1, 0.15) is 11.5 Å². The molecule has 1 N–H and O–H groups in total. The van der Waals surface area contributed by atoms with E-state index in [4.69, 9.17) is 4.42 Å². The van der Waals surface area contributed by atoms with Crippen molar-refractivity contribution in [2.24, 2.45) is 7.05 Å². The predicted molar refractivity (Wildman–Crippen MR) is 103 cm³/mol. The van der Waals surface area contributed by atoms with Crippen LogP contribution in [0.1, 0.15) is 18.6 Å². The van der Waals surface area contributed by atoms with Crippen LogP contribution in [-0.4, -0.2) is 30.0 Å². The summed E-state index contributed by atoms with van der Waals surface area (Å²) in [4.78, 5) is 24.7. The highest BCUT2D eigenvalue weighted by Crippen LogP contribution is 2.24. The lowest BCUT2D eigenvalue weighted by Gasteiger charge is -2.14. The second-order valence-electron chi connectivity index (χ2n) is 6.55. The molecule has 3 aromatic rings. The van der Waals surface area contributed by atoms with Gasteiger partial charge in [0.05, 0.1) is 17.1 Å². The molecule has 0 bridgehead atoms. The maximum absolute atomic E-state index is 12.5. The summed E-state index contributed by atoms with van der Waals surface area (Å²) in [6.07, 6.45) is 1.99. The van der Waals surface area contributed by atoms with Crippen LogP contribution in [0.2, 0.25) is 0 Å². The van der Waals surface area contributed by atoms with Gasteiger partial charge in [0, 0.05) is 26.1 Å². The van der Waals surface area contributed by atoms with Crippen molar-refractivity contribution in [2.75, 3.05) is 4.90 Å². The van der Waals surface area contributed by atoms with Crippen molar-refractivity contribution >= 4 is 27.5 Å². The molecule has 1 aliphatic heterocycles. The van der Waals surface area contributed by atoms with Crippen molar-refractivity contribution in [3.8, 4) is 11.5 Å². The Hall–Kier alpha value is -3.24. The minimum absolute atomic E-state index is 0.0228. The van der Waals surface area contributed by atoms with Gasteiger partial charge >= 0.3 is 0 Å². The molecule has 0 unspecified atom stereocenters. The Morgan fingerprint density at radius 3 is 2.34 bits per heavy atom. The van der Waals surface area contributed by atoms with Gasteiger partial charge in [-0.15, -0.1) is 0 Å². The molecular weight excluding hydrogens is 396 g/mol. The zero-order valence-electron chi connectivity index (χ0n) is 15.5. The summed E-state index contributed by atoms with van der Waals surface area (Å²) >= 11 is 0. The van der Waals surface area contributed by atoms with Crippen LogP contribution in [0, 0.1) is 0 Å². The zero-order valence-corrected chi connectivity index (χ0v) is 16.3. The van der Waals surface area contributed by atoms with Gasteiger partial charge in [0.2, 0.25) is 21.8 Å². The highest BCUT2D eigenvalue weighted by atomic mass is 32.2. The van der Waals surface area contributed by atoms with E-state index in [1.165, 1.54) is 24.3 Å². The number of nitrogens with zero attached hydrogens (tertiary/aromatic N) is 3. The number of sulfonamides is 1. The lowest BCUT2D eigenvalue weighted by atomic mass is 10.3. The molecule has 0 atom stereocenters. The molecule has 1 aliphatic rings. The number of hydrogen-bond acceptors (Lipinski definition) is 6. The number of amides is 2. The van der Waals surface area contributed by atoms with Gasteiger partial charge in [0.25, 0.3) is 0 Å². The third kappa shape index (κ3) is 3.71. The van der Waals surface area contributed by atoms with E-state index in [-0.39, 0.29) is 36.1 Å². The van der Waals surface area contributed by atoms with E-state index < -0.39 is 10.0 Å². The fraction of sp³-hybridized carbons (Fsp3) is 0.211. The van der Waals surface area contributed by atoms with Crippen LogP contribution < -0.4 is 9.62 Å². The van der Waals surface area contributed by atoms with E-state index in [0.717, 1.165) is 10.6 Å². The Kier molecular flexibility index (Phi) is 4.81. The van der Waals surface area contributed by atoms with Crippen molar-refractivity contribution in [1.29, 1.82) is 0 Å². The number of carbonyl (C=O) groups excluding carboxylic acids is 2. The third-order valence-electron chi connectivity index (χ3n) is 4.63. The molecule has 2 aromatic heterocycles. The molecule has 2 amide bonds. The second kappa shape index (κ2) is 7.30. The van der Waals surface area contributed by atoms with Gasteiger partial charge < -0.3 is 4.42 Å². The maximum Gasteiger partial charge on any atom is 0.240 e. The number of nitrogens with one attached hydrogen (secondary N) is 1. The minimum Gasteiger partial charge on any atom is -0.458 e. The number of anilines is 1. The summed E-state index contributed by atoms with van der Waals surface area (Å²) in [5, 5.41) is 4.07. The van der Waals surface area contributed by atoms with E-state index >= 15 is 0 Å². The topological polar surface area (TPSA) is 115 Å². The number of rotatable bonds is 6. The quantitative estimate of drug-likeness (QED) is 0.615. The first-order chi connectivity index (χ1) is 13.8. The van der Waals surface area contributed by atoms with Crippen molar-refractivity contribution in [2.45, 2.75) is 24.3 Å². The van der Waals surface area contributed by atoms with Gasteiger partial charge in [-0.2, -0.15) is 5.10 Å². The summed E-state index contributed by atoms with van der Waals surface area (Å²) in [5.41, 5.74) is 1.14. The van der Waals surface area contributed by atoms with Crippen LogP contribution in [0.4, 0.5) is 5.69 Å². The molecule has 4 rings (SSSR count). The molecule has 9 nitrogen and oxygen atoms in total. The van der Waals surface area contributed by atoms with E-state index in [1.807, 2.05) is 0 Å². The minimum atomic E-state index is -3.79. The zero-order chi connectivity index (χ0) is 20.6. The Labute approximate surface area is 167 Å². The summed E-state index contributed by atoms with van der Waals surface area (Å²) in [6.45, 7) is -0.0228. The van der Waals surface area contributed by atoms with Crippen molar-refractivity contribution < 1.29 is 22.4 Å². The molecule has 1 saturated heterocycles. The average Bonchev–Trinajstić information content (AvgIpc) is 3.41. The van der Waals surface area contributed by atoms with Gasteiger partial charge in [-0.05, 0) is 42.5 Å². The van der Waals surface area contributed by atoms with Crippen LogP contribution in [-0.2, 0) is 33.2 Å². The first kappa shape index (κ1) is 19.1. The lowest BCUT2D eigenvalue weighted by molar-refractivity contribution is -0.121. The SMILES string of the molecule is Cn1nccc1-c1ccc(CNS(=O)(=O)c2ccc(N3C(=O)CCC3=O)cc2)o1. The Bertz CT molecular complexity index is 1160. The lowest BCUT2D eigenvalue weighted by Crippen LogP contribution is -2.28. The maximum atomic E-state index is 12.5. The van der Waals surface area contributed by atoms with Crippen molar-refractivity contribution in [3.63, 3.8) is 0 Å². The number of furan rings is 1. The van der Waals surface area contributed by atoms with Gasteiger partial charge in [0.15, 0.2) is 5.76 Å². The van der Waals surface area contributed by atoms with E-state index in [9.17, 15) is 18.0 Å². The molecule has 150 valence electrons. The number of imide groups is 1.